The van der Waals surface area contributed by atoms with Gasteiger partial charge in [0.15, 0.2) is 0 Å². The van der Waals surface area contributed by atoms with Crippen molar-refractivity contribution in [1.82, 2.24) is 5.32 Å². The number of hydrogen-bond acceptors (Lipinski definition) is 3. The molecule has 2 aliphatic rings. The summed E-state index contributed by atoms with van der Waals surface area (Å²) in [5, 5.41) is 3.85. The van der Waals surface area contributed by atoms with Gasteiger partial charge >= 0.3 is 0 Å². The van der Waals surface area contributed by atoms with Crippen LogP contribution < -0.4 is 16.0 Å². The summed E-state index contributed by atoms with van der Waals surface area (Å²) < 4.78 is 0. The Morgan fingerprint density at radius 1 is 1.32 bits per heavy atom. The van der Waals surface area contributed by atoms with E-state index in [1.54, 1.807) is 0 Å². The van der Waals surface area contributed by atoms with E-state index in [2.05, 4.69) is 10.2 Å². The molecule has 1 aliphatic carbocycles. The quantitative estimate of drug-likeness (QED) is 0.865. The van der Waals surface area contributed by atoms with Gasteiger partial charge in [0.1, 0.15) is 0 Å². The minimum Gasteiger partial charge on any atom is -0.368 e. The number of benzene rings is 1. The van der Waals surface area contributed by atoms with E-state index in [4.69, 9.17) is 17.3 Å². The Kier molecular flexibility index (Phi) is 6.81. The second-order valence-electron chi connectivity index (χ2n) is 5.87. The standard InChI is InChI=1S/C15H20ClN3O.2ClH/c16-12-5-1-2-6-13(12)19-9-3-4-11(10-19)18-14(20)15(17)7-8-15;;/h1-2,5-6,11H,3-4,7-10,17H2,(H,18,20);2*1H. The second-order valence-corrected chi connectivity index (χ2v) is 6.27. The zero-order chi connectivity index (χ0) is 14.2. The number of hydrogen-bond donors (Lipinski definition) is 2. The van der Waals surface area contributed by atoms with Gasteiger partial charge in [0, 0.05) is 19.1 Å². The Labute approximate surface area is 148 Å². The average molecular weight is 367 g/mol. The molecule has 7 heteroatoms. The Morgan fingerprint density at radius 2 is 2.00 bits per heavy atom. The van der Waals surface area contributed by atoms with Crippen molar-refractivity contribution in [3.8, 4) is 0 Å². The zero-order valence-electron chi connectivity index (χ0n) is 12.3. The summed E-state index contributed by atoms with van der Waals surface area (Å²) in [6.45, 7) is 1.77. The van der Waals surface area contributed by atoms with Crippen LogP contribution in [0.5, 0.6) is 0 Å². The molecule has 0 radical (unpaired) electrons. The summed E-state index contributed by atoms with van der Waals surface area (Å²) in [5.74, 6) is 0.00325. The van der Waals surface area contributed by atoms with E-state index < -0.39 is 5.54 Å². The van der Waals surface area contributed by atoms with Crippen LogP contribution in [0.1, 0.15) is 25.7 Å². The van der Waals surface area contributed by atoms with Crippen LogP contribution in [0.25, 0.3) is 0 Å². The van der Waals surface area contributed by atoms with E-state index in [-0.39, 0.29) is 36.8 Å². The minimum absolute atomic E-state index is 0. The number of anilines is 1. The molecule has 124 valence electrons. The monoisotopic (exact) mass is 365 g/mol. The first-order chi connectivity index (χ1) is 9.58. The van der Waals surface area contributed by atoms with Gasteiger partial charge in [-0.15, -0.1) is 24.8 Å². The first-order valence-electron chi connectivity index (χ1n) is 7.18. The number of nitrogens with two attached hydrogens (primary N) is 1. The van der Waals surface area contributed by atoms with Crippen molar-refractivity contribution >= 4 is 48.0 Å². The molecule has 3 N–H and O–H groups in total. The van der Waals surface area contributed by atoms with E-state index in [0.717, 1.165) is 49.5 Å². The van der Waals surface area contributed by atoms with Gasteiger partial charge in [0.2, 0.25) is 5.91 Å². The van der Waals surface area contributed by atoms with Gasteiger partial charge in [-0.1, -0.05) is 23.7 Å². The second kappa shape index (κ2) is 7.73. The van der Waals surface area contributed by atoms with E-state index in [1.807, 2.05) is 24.3 Å². The fraction of sp³-hybridized carbons (Fsp3) is 0.533. The first-order valence-corrected chi connectivity index (χ1v) is 7.56. The summed E-state index contributed by atoms with van der Waals surface area (Å²) in [7, 11) is 0. The number of para-hydroxylation sites is 1. The largest absolute Gasteiger partial charge is 0.368 e. The number of nitrogens with zero attached hydrogens (tertiary/aromatic N) is 1. The molecule has 3 rings (SSSR count). The van der Waals surface area contributed by atoms with Crippen LogP contribution in [0.4, 0.5) is 5.69 Å². The lowest BCUT2D eigenvalue weighted by Gasteiger charge is -2.35. The van der Waals surface area contributed by atoms with E-state index >= 15 is 0 Å². The molecule has 1 saturated heterocycles. The van der Waals surface area contributed by atoms with Crippen molar-refractivity contribution in [1.29, 1.82) is 0 Å². The molecule has 1 saturated carbocycles. The maximum absolute atomic E-state index is 12.0. The van der Waals surface area contributed by atoms with E-state index in [9.17, 15) is 4.79 Å². The molecule has 22 heavy (non-hydrogen) atoms. The molecule has 0 spiro atoms. The Balaban J connectivity index is 0.00000121. The van der Waals surface area contributed by atoms with E-state index in [1.165, 1.54) is 0 Å². The molecule has 1 heterocycles. The molecule has 2 fully saturated rings. The third-order valence-electron chi connectivity index (χ3n) is 4.19. The maximum atomic E-state index is 12.0. The molecule has 1 atom stereocenters. The summed E-state index contributed by atoms with van der Waals surface area (Å²) in [4.78, 5) is 14.3. The molecule has 0 aromatic heterocycles. The summed E-state index contributed by atoms with van der Waals surface area (Å²) in [6.07, 6.45) is 3.66. The first kappa shape index (κ1) is 19.4. The lowest BCUT2D eigenvalue weighted by molar-refractivity contribution is -0.124. The SMILES string of the molecule is Cl.Cl.NC1(C(=O)NC2CCCN(c3ccccc3Cl)C2)CC1. The predicted octanol–water partition coefficient (Wildman–Crippen LogP) is 2.76. The van der Waals surface area contributed by atoms with Crippen LogP contribution >= 0.6 is 36.4 Å². The molecule has 1 aromatic rings. The minimum atomic E-state index is -0.591. The molecule has 1 aromatic carbocycles. The summed E-state index contributed by atoms with van der Waals surface area (Å²) in [6, 6.07) is 8.01. The number of nitrogens with one attached hydrogen (secondary N) is 1. The lowest BCUT2D eigenvalue weighted by atomic mass is 10.0. The van der Waals surface area contributed by atoms with Crippen molar-refractivity contribution in [2.45, 2.75) is 37.3 Å². The van der Waals surface area contributed by atoms with Crippen molar-refractivity contribution in [3.05, 3.63) is 29.3 Å². The Bertz CT molecular complexity index is 523. The highest BCUT2D eigenvalue weighted by Crippen LogP contribution is 2.33. The van der Waals surface area contributed by atoms with Crippen molar-refractivity contribution in [2.75, 3.05) is 18.0 Å². The lowest BCUT2D eigenvalue weighted by Crippen LogP contribution is -2.53. The predicted molar refractivity (Wildman–Crippen MR) is 95.5 cm³/mol. The van der Waals surface area contributed by atoms with Crippen molar-refractivity contribution < 1.29 is 4.79 Å². The van der Waals surface area contributed by atoms with Crippen LogP contribution in [0, 0.1) is 0 Å². The third-order valence-corrected chi connectivity index (χ3v) is 4.51. The number of halogens is 3. The Morgan fingerprint density at radius 3 is 2.64 bits per heavy atom. The number of carbonyl (C=O) groups excluding carboxylic acids is 1. The van der Waals surface area contributed by atoms with Crippen LogP contribution in [-0.4, -0.2) is 30.6 Å². The van der Waals surface area contributed by atoms with Crippen LogP contribution in [-0.2, 0) is 4.79 Å². The number of amides is 1. The number of rotatable bonds is 3. The number of piperidine rings is 1. The van der Waals surface area contributed by atoms with E-state index in [0.29, 0.717) is 0 Å². The van der Waals surface area contributed by atoms with Gasteiger partial charge in [-0.05, 0) is 37.8 Å². The fourth-order valence-electron chi connectivity index (χ4n) is 2.71. The highest BCUT2D eigenvalue weighted by Gasteiger charge is 2.46. The molecular formula is C15H22Cl3N3O. The Hall–Kier alpha value is -0.680. The fourth-order valence-corrected chi connectivity index (χ4v) is 2.97. The molecule has 1 unspecified atom stereocenters. The van der Waals surface area contributed by atoms with Gasteiger partial charge in [-0.3, -0.25) is 4.79 Å². The average Bonchev–Trinajstić information content (AvgIpc) is 3.19. The van der Waals surface area contributed by atoms with Crippen LogP contribution in [0.3, 0.4) is 0 Å². The third kappa shape index (κ3) is 4.19. The van der Waals surface area contributed by atoms with Gasteiger partial charge in [-0.25, -0.2) is 0 Å². The topological polar surface area (TPSA) is 58.4 Å². The molecule has 0 bridgehead atoms. The van der Waals surface area contributed by atoms with Crippen LogP contribution in [0.2, 0.25) is 5.02 Å². The molecular weight excluding hydrogens is 345 g/mol. The van der Waals surface area contributed by atoms with Gasteiger partial charge < -0.3 is 16.0 Å². The number of carbonyl (C=O) groups is 1. The van der Waals surface area contributed by atoms with Crippen molar-refractivity contribution in [2.24, 2.45) is 5.73 Å². The normalized spacial score (nSPS) is 22.1. The van der Waals surface area contributed by atoms with Gasteiger partial charge in [0.05, 0.1) is 16.2 Å². The molecule has 1 aliphatic heterocycles. The van der Waals surface area contributed by atoms with Gasteiger partial charge in [-0.2, -0.15) is 0 Å². The summed E-state index contributed by atoms with van der Waals surface area (Å²) >= 11 is 6.24. The smallest absolute Gasteiger partial charge is 0.240 e. The highest BCUT2D eigenvalue weighted by molar-refractivity contribution is 6.33. The zero-order valence-corrected chi connectivity index (χ0v) is 14.6. The molecule has 1 amide bonds. The maximum Gasteiger partial charge on any atom is 0.240 e. The molecule has 4 nitrogen and oxygen atoms in total. The highest BCUT2D eigenvalue weighted by atomic mass is 35.5. The van der Waals surface area contributed by atoms with Crippen molar-refractivity contribution in [3.63, 3.8) is 0 Å². The summed E-state index contributed by atoms with van der Waals surface area (Å²) in [5.41, 5.74) is 6.38. The van der Waals surface area contributed by atoms with Crippen LogP contribution in [0.15, 0.2) is 24.3 Å². The van der Waals surface area contributed by atoms with Gasteiger partial charge in [0.25, 0.3) is 0 Å².